The van der Waals surface area contributed by atoms with E-state index < -0.39 is 0 Å². The summed E-state index contributed by atoms with van der Waals surface area (Å²) in [6.45, 7) is 2.63. The molecule has 1 aromatic heterocycles. The van der Waals surface area contributed by atoms with Gasteiger partial charge in [-0.15, -0.1) is 35.9 Å². The summed E-state index contributed by atoms with van der Waals surface area (Å²) in [7, 11) is 0. The zero-order valence-electron chi connectivity index (χ0n) is 13.0. The largest absolute Gasteiger partial charge is 0.293 e. The third-order valence-electron chi connectivity index (χ3n) is 3.64. The number of halogens is 2. The third kappa shape index (κ3) is 9.21. The zero-order valence-corrected chi connectivity index (χ0v) is 17.6. The van der Waals surface area contributed by atoms with Crippen molar-refractivity contribution in [1.82, 2.24) is 9.88 Å². The van der Waals surface area contributed by atoms with Crippen molar-refractivity contribution in [2.45, 2.75) is 43.6 Å². The SMILES string of the molecule is Cl.Ic1ccc(SCCCCCCCCN2CCSC2)nc1. The van der Waals surface area contributed by atoms with Gasteiger partial charge in [-0.05, 0) is 59.9 Å². The minimum atomic E-state index is 0. The Labute approximate surface area is 163 Å². The van der Waals surface area contributed by atoms with Crippen LogP contribution in [-0.2, 0) is 0 Å². The first-order chi connectivity index (χ1) is 10.3. The van der Waals surface area contributed by atoms with E-state index in [1.165, 1.54) is 77.6 Å². The van der Waals surface area contributed by atoms with Crippen LogP contribution < -0.4 is 0 Å². The average molecular weight is 473 g/mol. The molecule has 0 saturated carbocycles. The molecule has 1 aromatic rings. The highest BCUT2D eigenvalue weighted by Crippen LogP contribution is 2.19. The normalized spacial score (nSPS) is 15.0. The Kier molecular flexibility index (Phi) is 12.5. The molecule has 126 valence electrons. The molecule has 0 bridgehead atoms. The number of rotatable bonds is 10. The summed E-state index contributed by atoms with van der Waals surface area (Å²) in [6, 6.07) is 4.26. The van der Waals surface area contributed by atoms with Gasteiger partial charge in [-0.25, -0.2) is 4.98 Å². The van der Waals surface area contributed by atoms with E-state index in [4.69, 9.17) is 0 Å². The van der Waals surface area contributed by atoms with Gasteiger partial charge in [-0.2, -0.15) is 0 Å². The number of hydrogen-bond acceptors (Lipinski definition) is 4. The average Bonchev–Trinajstić information content (AvgIpc) is 3.01. The van der Waals surface area contributed by atoms with Crippen LogP contribution >= 0.6 is 58.5 Å². The first-order valence-electron chi connectivity index (χ1n) is 7.89. The van der Waals surface area contributed by atoms with Crippen LogP contribution in [0.15, 0.2) is 23.4 Å². The van der Waals surface area contributed by atoms with Crippen molar-refractivity contribution in [3.05, 3.63) is 21.9 Å². The van der Waals surface area contributed by atoms with Crippen LogP contribution in [0.2, 0.25) is 0 Å². The number of hydrogen-bond donors (Lipinski definition) is 0. The molecular weight excluding hydrogens is 447 g/mol. The van der Waals surface area contributed by atoms with E-state index >= 15 is 0 Å². The maximum absolute atomic E-state index is 4.42. The summed E-state index contributed by atoms with van der Waals surface area (Å²) < 4.78 is 1.21. The second-order valence-electron chi connectivity index (χ2n) is 5.44. The quantitative estimate of drug-likeness (QED) is 0.252. The minimum Gasteiger partial charge on any atom is -0.293 e. The van der Waals surface area contributed by atoms with Crippen LogP contribution in [-0.4, -0.2) is 40.4 Å². The number of nitrogens with zero attached hydrogens (tertiary/aromatic N) is 2. The topological polar surface area (TPSA) is 16.1 Å². The molecule has 1 aliphatic rings. The van der Waals surface area contributed by atoms with Crippen molar-refractivity contribution < 1.29 is 0 Å². The Morgan fingerprint density at radius 3 is 2.59 bits per heavy atom. The van der Waals surface area contributed by atoms with E-state index in [0.717, 1.165) is 0 Å². The van der Waals surface area contributed by atoms with Crippen LogP contribution in [0.25, 0.3) is 0 Å². The third-order valence-corrected chi connectivity index (χ3v) is 6.33. The number of pyridine rings is 1. The van der Waals surface area contributed by atoms with Gasteiger partial charge in [0.05, 0.1) is 5.03 Å². The van der Waals surface area contributed by atoms with Gasteiger partial charge in [-0.3, -0.25) is 4.90 Å². The Balaban J connectivity index is 0.00000242. The maximum Gasteiger partial charge on any atom is 0.0960 e. The van der Waals surface area contributed by atoms with E-state index in [-0.39, 0.29) is 12.4 Å². The lowest BCUT2D eigenvalue weighted by Gasteiger charge is -2.12. The molecule has 1 fully saturated rings. The van der Waals surface area contributed by atoms with Gasteiger partial charge in [0.2, 0.25) is 0 Å². The minimum absolute atomic E-state index is 0. The molecule has 0 atom stereocenters. The van der Waals surface area contributed by atoms with Crippen molar-refractivity contribution in [1.29, 1.82) is 0 Å². The second-order valence-corrected chi connectivity index (χ2v) is 8.88. The van der Waals surface area contributed by atoms with Gasteiger partial charge < -0.3 is 0 Å². The van der Waals surface area contributed by atoms with Crippen LogP contribution in [0.1, 0.15) is 38.5 Å². The molecule has 0 N–H and O–H groups in total. The first kappa shape index (κ1) is 20.9. The van der Waals surface area contributed by atoms with Crippen molar-refractivity contribution in [3.8, 4) is 0 Å². The van der Waals surface area contributed by atoms with E-state index in [1.54, 1.807) is 0 Å². The number of thioether (sulfide) groups is 2. The summed E-state index contributed by atoms with van der Waals surface area (Å²) in [5.41, 5.74) is 0. The van der Waals surface area contributed by atoms with E-state index in [9.17, 15) is 0 Å². The molecular formula is C16H26ClIN2S2. The predicted octanol–water partition coefficient (Wildman–Crippen LogP) is 5.55. The molecule has 0 spiro atoms. The maximum atomic E-state index is 4.42. The molecule has 2 rings (SSSR count). The molecule has 2 heterocycles. The van der Waals surface area contributed by atoms with Gasteiger partial charge in [0.15, 0.2) is 0 Å². The highest BCUT2D eigenvalue weighted by atomic mass is 127. The Morgan fingerprint density at radius 2 is 1.91 bits per heavy atom. The van der Waals surface area contributed by atoms with E-state index in [0.29, 0.717) is 0 Å². The monoisotopic (exact) mass is 472 g/mol. The molecule has 0 aromatic carbocycles. The summed E-state index contributed by atoms with van der Waals surface area (Å²) in [5, 5.41) is 1.17. The van der Waals surface area contributed by atoms with Crippen LogP contribution in [0.4, 0.5) is 0 Å². The zero-order chi connectivity index (χ0) is 14.8. The standard InChI is InChI=1S/C16H25IN2S2.ClH/c17-15-7-8-16(18-13-15)21-11-6-4-2-1-3-5-9-19-10-12-20-14-19;/h7-8,13H,1-6,9-12,14H2;1H. The molecule has 1 saturated heterocycles. The van der Waals surface area contributed by atoms with Crippen LogP contribution in [0, 0.1) is 3.57 Å². The van der Waals surface area contributed by atoms with E-state index in [2.05, 4.69) is 56.4 Å². The van der Waals surface area contributed by atoms with Gasteiger partial charge in [0.1, 0.15) is 0 Å². The van der Waals surface area contributed by atoms with Crippen LogP contribution in [0.5, 0.6) is 0 Å². The highest BCUT2D eigenvalue weighted by molar-refractivity contribution is 14.1. The molecule has 0 radical (unpaired) electrons. The smallest absolute Gasteiger partial charge is 0.0960 e. The lowest BCUT2D eigenvalue weighted by atomic mass is 10.1. The lowest BCUT2D eigenvalue weighted by molar-refractivity contribution is 0.343. The predicted molar refractivity (Wildman–Crippen MR) is 112 cm³/mol. The summed E-state index contributed by atoms with van der Waals surface area (Å²) >= 11 is 6.27. The molecule has 0 amide bonds. The molecule has 0 aliphatic carbocycles. The highest BCUT2D eigenvalue weighted by Gasteiger charge is 2.10. The van der Waals surface area contributed by atoms with Gasteiger partial charge in [0.25, 0.3) is 0 Å². The Hall–Kier alpha value is 0.830. The summed E-state index contributed by atoms with van der Waals surface area (Å²) in [4.78, 5) is 7.02. The van der Waals surface area contributed by atoms with Gasteiger partial charge >= 0.3 is 0 Å². The molecule has 22 heavy (non-hydrogen) atoms. The van der Waals surface area contributed by atoms with E-state index in [1.807, 2.05) is 18.0 Å². The second kappa shape index (κ2) is 13.2. The van der Waals surface area contributed by atoms with Crippen molar-refractivity contribution in [2.75, 3.05) is 30.5 Å². The molecule has 6 heteroatoms. The van der Waals surface area contributed by atoms with Crippen molar-refractivity contribution in [3.63, 3.8) is 0 Å². The Bertz CT molecular complexity index is 386. The summed E-state index contributed by atoms with van der Waals surface area (Å²) in [5.74, 6) is 3.81. The molecule has 2 nitrogen and oxygen atoms in total. The van der Waals surface area contributed by atoms with Gasteiger partial charge in [0, 0.05) is 27.9 Å². The van der Waals surface area contributed by atoms with Gasteiger partial charge in [-0.1, -0.05) is 25.7 Å². The summed E-state index contributed by atoms with van der Waals surface area (Å²) in [6.07, 6.45) is 10.2. The fraction of sp³-hybridized carbons (Fsp3) is 0.688. The number of aromatic nitrogens is 1. The molecule has 0 unspecified atom stereocenters. The Morgan fingerprint density at radius 1 is 1.14 bits per heavy atom. The fourth-order valence-electron chi connectivity index (χ4n) is 2.40. The van der Waals surface area contributed by atoms with Crippen molar-refractivity contribution in [2.24, 2.45) is 0 Å². The van der Waals surface area contributed by atoms with Crippen molar-refractivity contribution >= 4 is 58.5 Å². The molecule has 1 aliphatic heterocycles. The fourth-order valence-corrected chi connectivity index (χ4v) is 4.60. The first-order valence-corrected chi connectivity index (χ1v) is 11.1. The lowest BCUT2D eigenvalue weighted by Crippen LogP contribution is -2.20. The number of unbranched alkanes of at least 4 members (excludes halogenated alkanes) is 5. The van der Waals surface area contributed by atoms with Crippen LogP contribution in [0.3, 0.4) is 0 Å².